The van der Waals surface area contributed by atoms with Gasteiger partial charge in [0.2, 0.25) is 0 Å². The standard InChI is InChI=1S/C18H13ClN2O3S2/c1-23-13-7-6-12(19)16-15(13)20-18(26-16)21(10-11-4-2-8-24-11)17(22)14-5-3-9-25-14/h2-9H,10H2,1H3. The zero-order valence-corrected chi connectivity index (χ0v) is 16.0. The Balaban J connectivity index is 1.82. The third-order valence-corrected chi connectivity index (χ3v) is 6.17. The molecule has 0 unspecified atom stereocenters. The molecule has 0 bridgehead atoms. The molecule has 0 aliphatic rings. The second-order valence-corrected chi connectivity index (χ2v) is 7.70. The lowest BCUT2D eigenvalue weighted by Crippen LogP contribution is -2.29. The molecule has 1 aromatic carbocycles. The van der Waals surface area contributed by atoms with E-state index in [2.05, 4.69) is 4.98 Å². The molecule has 4 aromatic rings. The van der Waals surface area contributed by atoms with Gasteiger partial charge in [-0.2, -0.15) is 0 Å². The number of carbonyl (C=O) groups excluding carboxylic acids is 1. The van der Waals surface area contributed by atoms with Crippen molar-refractivity contribution in [2.45, 2.75) is 6.54 Å². The van der Waals surface area contributed by atoms with Crippen molar-refractivity contribution in [2.24, 2.45) is 0 Å². The summed E-state index contributed by atoms with van der Waals surface area (Å²) in [6.07, 6.45) is 1.58. The number of hydrogen-bond donors (Lipinski definition) is 0. The third-order valence-electron chi connectivity index (χ3n) is 3.77. The Morgan fingerprint density at radius 3 is 2.88 bits per heavy atom. The summed E-state index contributed by atoms with van der Waals surface area (Å²) in [4.78, 5) is 19.9. The molecule has 4 rings (SSSR count). The van der Waals surface area contributed by atoms with Gasteiger partial charge in [-0.1, -0.05) is 29.0 Å². The van der Waals surface area contributed by atoms with E-state index in [1.807, 2.05) is 17.5 Å². The number of thiophene rings is 1. The number of aromatic nitrogens is 1. The largest absolute Gasteiger partial charge is 0.494 e. The van der Waals surface area contributed by atoms with Crippen LogP contribution in [0.25, 0.3) is 10.2 Å². The van der Waals surface area contributed by atoms with Crippen molar-refractivity contribution in [3.05, 3.63) is 63.7 Å². The van der Waals surface area contributed by atoms with Gasteiger partial charge in [0.25, 0.3) is 5.91 Å². The quantitative estimate of drug-likeness (QED) is 0.443. The first kappa shape index (κ1) is 17.1. The normalized spacial score (nSPS) is 11.0. The van der Waals surface area contributed by atoms with Gasteiger partial charge in [-0.3, -0.25) is 9.69 Å². The first-order chi connectivity index (χ1) is 12.7. The van der Waals surface area contributed by atoms with Crippen LogP contribution in [0.1, 0.15) is 15.4 Å². The molecule has 0 atom stereocenters. The van der Waals surface area contributed by atoms with E-state index >= 15 is 0 Å². The Morgan fingerprint density at radius 2 is 2.19 bits per heavy atom. The predicted octanol–water partition coefficient (Wildman–Crippen LogP) is 5.46. The van der Waals surface area contributed by atoms with E-state index in [9.17, 15) is 4.79 Å². The van der Waals surface area contributed by atoms with Gasteiger partial charge in [-0.15, -0.1) is 11.3 Å². The van der Waals surface area contributed by atoms with Crippen molar-refractivity contribution in [1.29, 1.82) is 0 Å². The van der Waals surface area contributed by atoms with Crippen LogP contribution in [0.3, 0.4) is 0 Å². The lowest BCUT2D eigenvalue weighted by Gasteiger charge is -2.17. The fourth-order valence-corrected chi connectivity index (χ4v) is 4.47. The van der Waals surface area contributed by atoms with Crippen LogP contribution in [0.15, 0.2) is 52.5 Å². The molecule has 5 nitrogen and oxygen atoms in total. The first-order valence-electron chi connectivity index (χ1n) is 7.68. The monoisotopic (exact) mass is 404 g/mol. The predicted molar refractivity (Wildman–Crippen MR) is 105 cm³/mol. The van der Waals surface area contributed by atoms with E-state index in [4.69, 9.17) is 20.8 Å². The minimum atomic E-state index is -0.134. The number of benzene rings is 1. The van der Waals surface area contributed by atoms with Gasteiger partial charge in [0, 0.05) is 0 Å². The summed E-state index contributed by atoms with van der Waals surface area (Å²) < 4.78 is 11.6. The van der Waals surface area contributed by atoms with E-state index in [1.165, 1.54) is 22.7 Å². The highest BCUT2D eigenvalue weighted by Crippen LogP contribution is 2.39. The van der Waals surface area contributed by atoms with Crippen molar-refractivity contribution in [1.82, 2.24) is 4.98 Å². The van der Waals surface area contributed by atoms with Crippen LogP contribution in [0.4, 0.5) is 5.13 Å². The Labute approximate surface area is 162 Å². The number of furan rings is 1. The van der Waals surface area contributed by atoms with E-state index in [1.54, 1.807) is 42.5 Å². The number of hydrogen-bond acceptors (Lipinski definition) is 6. The van der Waals surface area contributed by atoms with E-state index in [0.717, 1.165) is 4.70 Å². The highest BCUT2D eigenvalue weighted by atomic mass is 35.5. The topological polar surface area (TPSA) is 55.6 Å². The molecule has 8 heteroatoms. The molecule has 3 aromatic heterocycles. The maximum Gasteiger partial charge on any atom is 0.270 e. The summed E-state index contributed by atoms with van der Waals surface area (Å²) >= 11 is 9.06. The molecule has 3 heterocycles. The SMILES string of the molecule is COc1ccc(Cl)c2sc(N(Cc3ccco3)C(=O)c3cccs3)nc12. The summed E-state index contributed by atoms with van der Waals surface area (Å²) in [5, 5.41) is 2.99. The molecular weight excluding hydrogens is 392 g/mol. The van der Waals surface area contributed by atoms with Crippen LogP contribution >= 0.6 is 34.3 Å². The smallest absolute Gasteiger partial charge is 0.270 e. The molecule has 0 aliphatic heterocycles. The van der Waals surface area contributed by atoms with Gasteiger partial charge < -0.3 is 9.15 Å². The third kappa shape index (κ3) is 3.09. The van der Waals surface area contributed by atoms with Gasteiger partial charge in [0.05, 0.1) is 34.5 Å². The Bertz CT molecular complexity index is 1040. The number of fused-ring (bicyclic) bond motifs is 1. The molecule has 26 heavy (non-hydrogen) atoms. The maximum atomic E-state index is 13.0. The number of carbonyl (C=O) groups is 1. The number of anilines is 1. The number of ether oxygens (including phenoxy) is 1. The molecule has 132 valence electrons. The number of rotatable bonds is 5. The van der Waals surface area contributed by atoms with Crippen LogP contribution in [0.2, 0.25) is 5.02 Å². The van der Waals surface area contributed by atoms with Crippen molar-refractivity contribution in [2.75, 3.05) is 12.0 Å². The van der Waals surface area contributed by atoms with Crippen molar-refractivity contribution >= 4 is 55.5 Å². The van der Waals surface area contributed by atoms with Crippen LogP contribution in [-0.2, 0) is 6.54 Å². The lowest BCUT2D eigenvalue weighted by molar-refractivity contribution is 0.0987. The van der Waals surface area contributed by atoms with E-state index < -0.39 is 0 Å². The van der Waals surface area contributed by atoms with Crippen molar-refractivity contribution in [3.8, 4) is 5.75 Å². The fourth-order valence-electron chi connectivity index (χ4n) is 2.54. The Morgan fingerprint density at radius 1 is 1.31 bits per heavy atom. The first-order valence-corrected chi connectivity index (χ1v) is 9.75. The fraction of sp³-hybridized carbons (Fsp3) is 0.111. The maximum absolute atomic E-state index is 13.0. The molecule has 0 radical (unpaired) electrons. The highest BCUT2D eigenvalue weighted by molar-refractivity contribution is 7.23. The van der Waals surface area contributed by atoms with Gasteiger partial charge in [0.15, 0.2) is 5.13 Å². The molecule has 0 N–H and O–H groups in total. The number of methoxy groups -OCH3 is 1. The van der Waals surface area contributed by atoms with Gasteiger partial charge in [0.1, 0.15) is 17.0 Å². The molecule has 0 aliphatic carbocycles. The summed E-state index contributed by atoms with van der Waals surface area (Å²) in [6, 6.07) is 10.8. The second kappa shape index (κ2) is 7.11. The van der Waals surface area contributed by atoms with Gasteiger partial charge in [-0.25, -0.2) is 4.98 Å². The average molecular weight is 405 g/mol. The van der Waals surface area contributed by atoms with Crippen LogP contribution in [0, 0.1) is 0 Å². The van der Waals surface area contributed by atoms with Crippen molar-refractivity contribution in [3.63, 3.8) is 0 Å². The number of halogens is 1. The Hall–Kier alpha value is -2.35. The highest BCUT2D eigenvalue weighted by Gasteiger charge is 2.24. The van der Waals surface area contributed by atoms with Crippen LogP contribution in [-0.4, -0.2) is 18.0 Å². The number of thiazole rings is 1. The van der Waals surface area contributed by atoms with Crippen molar-refractivity contribution < 1.29 is 13.9 Å². The van der Waals surface area contributed by atoms with Crippen LogP contribution < -0.4 is 9.64 Å². The molecule has 1 amide bonds. The lowest BCUT2D eigenvalue weighted by atomic mass is 10.3. The second-order valence-electron chi connectivity index (χ2n) is 5.37. The zero-order chi connectivity index (χ0) is 18.1. The number of amides is 1. The van der Waals surface area contributed by atoms with Crippen LogP contribution in [0.5, 0.6) is 5.75 Å². The minimum absolute atomic E-state index is 0.134. The summed E-state index contributed by atoms with van der Waals surface area (Å²) in [5.74, 6) is 1.16. The molecule has 0 saturated carbocycles. The van der Waals surface area contributed by atoms with Gasteiger partial charge in [-0.05, 0) is 35.7 Å². The average Bonchev–Trinajstić information content (AvgIpc) is 3.40. The summed E-state index contributed by atoms with van der Waals surface area (Å²) in [6.45, 7) is 0.281. The minimum Gasteiger partial charge on any atom is -0.494 e. The zero-order valence-electron chi connectivity index (χ0n) is 13.6. The Kier molecular flexibility index (Phi) is 4.67. The molecular formula is C18H13ClN2O3S2. The molecule has 0 saturated heterocycles. The molecule has 0 spiro atoms. The van der Waals surface area contributed by atoms with E-state index in [0.29, 0.717) is 32.1 Å². The molecule has 0 fully saturated rings. The summed E-state index contributed by atoms with van der Waals surface area (Å²) in [5.41, 5.74) is 0.642. The van der Waals surface area contributed by atoms with E-state index in [-0.39, 0.29) is 12.5 Å². The number of nitrogens with zero attached hydrogens (tertiary/aromatic N) is 2. The van der Waals surface area contributed by atoms with Gasteiger partial charge >= 0.3 is 0 Å². The summed E-state index contributed by atoms with van der Waals surface area (Å²) in [7, 11) is 1.58.